The fourth-order valence-electron chi connectivity index (χ4n) is 1.91. The zero-order chi connectivity index (χ0) is 9.97. The number of piperidine rings is 1. The molecule has 0 amide bonds. The van der Waals surface area contributed by atoms with Crippen molar-refractivity contribution in [2.45, 2.75) is 25.0 Å². The summed E-state index contributed by atoms with van der Waals surface area (Å²) in [4.78, 5) is 0. The molecule has 2 nitrogen and oxygen atoms in total. The van der Waals surface area contributed by atoms with Gasteiger partial charge in [-0.1, -0.05) is 23.7 Å². The zero-order valence-electron chi connectivity index (χ0n) is 7.91. The molecule has 1 fully saturated rings. The number of benzene rings is 1. The second-order valence-corrected chi connectivity index (χ2v) is 4.13. The Labute approximate surface area is 88.9 Å². The molecular weight excluding hydrogens is 198 g/mol. The largest absolute Gasteiger partial charge is 0.391 e. The van der Waals surface area contributed by atoms with Gasteiger partial charge in [0.1, 0.15) is 0 Å². The highest BCUT2D eigenvalue weighted by Crippen LogP contribution is 2.25. The molecule has 0 spiro atoms. The van der Waals surface area contributed by atoms with Crippen LogP contribution in [0.1, 0.15) is 24.4 Å². The van der Waals surface area contributed by atoms with Crippen molar-refractivity contribution < 1.29 is 5.11 Å². The van der Waals surface area contributed by atoms with Crippen molar-refractivity contribution in [3.8, 4) is 0 Å². The van der Waals surface area contributed by atoms with Crippen LogP contribution >= 0.6 is 11.6 Å². The Bertz CT molecular complexity index is 316. The van der Waals surface area contributed by atoms with Crippen LogP contribution in [0.3, 0.4) is 0 Å². The molecule has 14 heavy (non-hydrogen) atoms. The van der Waals surface area contributed by atoms with Gasteiger partial charge < -0.3 is 10.4 Å². The number of halogens is 1. The van der Waals surface area contributed by atoms with Gasteiger partial charge >= 0.3 is 0 Å². The highest BCUT2D eigenvalue weighted by Gasteiger charge is 2.23. The third-order valence-electron chi connectivity index (χ3n) is 2.63. The van der Waals surface area contributed by atoms with Crippen molar-refractivity contribution in [3.05, 3.63) is 34.9 Å². The lowest BCUT2D eigenvalue weighted by Gasteiger charge is -2.29. The van der Waals surface area contributed by atoms with Gasteiger partial charge in [-0.05, 0) is 37.1 Å². The highest BCUT2D eigenvalue weighted by molar-refractivity contribution is 6.30. The van der Waals surface area contributed by atoms with Crippen molar-refractivity contribution in [3.63, 3.8) is 0 Å². The number of rotatable bonds is 1. The van der Waals surface area contributed by atoms with Gasteiger partial charge in [0.05, 0.1) is 12.1 Å². The molecule has 0 saturated carbocycles. The minimum absolute atomic E-state index is 0.0439. The maximum atomic E-state index is 9.81. The van der Waals surface area contributed by atoms with Gasteiger partial charge in [-0.15, -0.1) is 0 Å². The van der Waals surface area contributed by atoms with Gasteiger partial charge in [0.15, 0.2) is 0 Å². The SMILES string of the molecule is O[C@@H]1CCCN[C@@H]1c1cccc(Cl)c1. The van der Waals surface area contributed by atoms with Crippen molar-refractivity contribution >= 4 is 11.6 Å². The summed E-state index contributed by atoms with van der Waals surface area (Å²) in [5.74, 6) is 0. The van der Waals surface area contributed by atoms with Crippen LogP contribution < -0.4 is 5.32 Å². The quantitative estimate of drug-likeness (QED) is 0.746. The number of hydrogen-bond donors (Lipinski definition) is 2. The summed E-state index contributed by atoms with van der Waals surface area (Å²) in [5.41, 5.74) is 1.07. The average molecular weight is 212 g/mol. The fraction of sp³-hybridized carbons (Fsp3) is 0.455. The molecule has 1 aromatic carbocycles. The van der Waals surface area contributed by atoms with E-state index < -0.39 is 0 Å². The first kappa shape index (κ1) is 9.97. The van der Waals surface area contributed by atoms with E-state index in [2.05, 4.69) is 5.32 Å². The van der Waals surface area contributed by atoms with E-state index in [0.717, 1.165) is 30.0 Å². The van der Waals surface area contributed by atoms with Crippen LogP contribution in [-0.4, -0.2) is 17.8 Å². The summed E-state index contributed by atoms with van der Waals surface area (Å²) < 4.78 is 0. The van der Waals surface area contributed by atoms with Gasteiger partial charge in [-0.2, -0.15) is 0 Å². The summed E-state index contributed by atoms with van der Waals surface area (Å²) in [5, 5.41) is 13.8. The smallest absolute Gasteiger partial charge is 0.0735 e. The van der Waals surface area contributed by atoms with Crippen LogP contribution in [0.4, 0.5) is 0 Å². The Balaban J connectivity index is 2.20. The molecule has 0 aliphatic carbocycles. The summed E-state index contributed by atoms with van der Waals surface area (Å²) in [6.07, 6.45) is 1.62. The van der Waals surface area contributed by atoms with Crippen LogP contribution in [0.5, 0.6) is 0 Å². The highest BCUT2D eigenvalue weighted by atomic mass is 35.5. The minimum atomic E-state index is -0.290. The molecule has 2 rings (SSSR count). The van der Waals surface area contributed by atoms with Crippen LogP contribution in [0.25, 0.3) is 0 Å². The van der Waals surface area contributed by atoms with Crippen molar-refractivity contribution in [1.82, 2.24) is 5.32 Å². The molecule has 2 N–H and O–H groups in total. The molecule has 1 aliphatic rings. The molecule has 0 radical (unpaired) electrons. The fourth-order valence-corrected chi connectivity index (χ4v) is 2.11. The topological polar surface area (TPSA) is 32.3 Å². The predicted molar refractivity (Wildman–Crippen MR) is 57.4 cm³/mol. The Hall–Kier alpha value is -0.570. The number of hydrogen-bond acceptors (Lipinski definition) is 2. The predicted octanol–water partition coefficient (Wildman–Crippen LogP) is 2.13. The summed E-state index contributed by atoms with van der Waals surface area (Å²) in [6.45, 7) is 0.967. The van der Waals surface area contributed by atoms with Crippen molar-refractivity contribution in [1.29, 1.82) is 0 Å². The third-order valence-corrected chi connectivity index (χ3v) is 2.87. The molecule has 1 saturated heterocycles. The van der Waals surface area contributed by atoms with E-state index in [4.69, 9.17) is 11.6 Å². The molecular formula is C11H14ClNO. The monoisotopic (exact) mass is 211 g/mol. The van der Waals surface area contributed by atoms with Gasteiger partial charge in [-0.25, -0.2) is 0 Å². The minimum Gasteiger partial charge on any atom is -0.391 e. The summed E-state index contributed by atoms with van der Waals surface area (Å²) in [6, 6.07) is 7.72. The maximum Gasteiger partial charge on any atom is 0.0735 e. The second-order valence-electron chi connectivity index (χ2n) is 3.70. The molecule has 0 unspecified atom stereocenters. The van der Waals surface area contributed by atoms with Gasteiger partial charge in [0.2, 0.25) is 0 Å². The first-order valence-electron chi connectivity index (χ1n) is 4.94. The molecule has 76 valence electrons. The van der Waals surface area contributed by atoms with E-state index in [1.54, 1.807) is 0 Å². The lowest BCUT2D eigenvalue weighted by Crippen LogP contribution is -2.37. The lowest BCUT2D eigenvalue weighted by atomic mass is 9.95. The Morgan fingerprint density at radius 1 is 1.43 bits per heavy atom. The Kier molecular flexibility index (Phi) is 3.06. The zero-order valence-corrected chi connectivity index (χ0v) is 8.67. The van der Waals surface area contributed by atoms with E-state index in [1.165, 1.54) is 0 Å². The van der Waals surface area contributed by atoms with E-state index in [1.807, 2.05) is 24.3 Å². The standard InChI is InChI=1S/C11H14ClNO/c12-9-4-1-3-8(7-9)11-10(14)5-2-6-13-11/h1,3-4,7,10-11,13-14H,2,5-6H2/t10-,11-/m1/s1. The van der Waals surface area contributed by atoms with E-state index in [0.29, 0.717) is 0 Å². The van der Waals surface area contributed by atoms with Gasteiger partial charge in [-0.3, -0.25) is 0 Å². The molecule has 3 heteroatoms. The average Bonchev–Trinajstić information content (AvgIpc) is 2.18. The number of aliphatic hydroxyl groups is 1. The normalized spacial score (nSPS) is 27.6. The van der Waals surface area contributed by atoms with Gasteiger partial charge in [0, 0.05) is 5.02 Å². The van der Waals surface area contributed by atoms with Crippen LogP contribution in [0.2, 0.25) is 5.02 Å². The van der Waals surface area contributed by atoms with E-state index in [9.17, 15) is 5.11 Å². The molecule has 1 heterocycles. The summed E-state index contributed by atoms with van der Waals surface area (Å²) >= 11 is 5.90. The van der Waals surface area contributed by atoms with E-state index in [-0.39, 0.29) is 12.1 Å². The Morgan fingerprint density at radius 3 is 3.00 bits per heavy atom. The van der Waals surface area contributed by atoms with Crippen molar-refractivity contribution in [2.75, 3.05) is 6.54 Å². The molecule has 0 aromatic heterocycles. The second kappa shape index (κ2) is 4.30. The first-order chi connectivity index (χ1) is 6.77. The van der Waals surface area contributed by atoms with Crippen LogP contribution in [0.15, 0.2) is 24.3 Å². The Morgan fingerprint density at radius 2 is 2.29 bits per heavy atom. The third kappa shape index (κ3) is 2.08. The van der Waals surface area contributed by atoms with Crippen LogP contribution in [0, 0.1) is 0 Å². The van der Waals surface area contributed by atoms with Crippen LogP contribution in [-0.2, 0) is 0 Å². The lowest BCUT2D eigenvalue weighted by molar-refractivity contribution is 0.0965. The molecule has 1 aliphatic heterocycles. The van der Waals surface area contributed by atoms with Crippen molar-refractivity contribution in [2.24, 2.45) is 0 Å². The first-order valence-corrected chi connectivity index (χ1v) is 5.32. The number of nitrogens with one attached hydrogen (secondary N) is 1. The number of aliphatic hydroxyl groups excluding tert-OH is 1. The summed E-state index contributed by atoms with van der Waals surface area (Å²) in [7, 11) is 0. The maximum absolute atomic E-state index is 9.81. The molecule has 0 bridgehead atoms. The molecule has 2 atom stereocenters. The van der Waals surface area contributed by atoms with E-state index >= 15 is 0 Å². The van der Waals surface area contributed by atoms with Gasteiger partial charge in [0.25, 0.3) is 0 Å². The molecule has 1 aromatic rings.